The maximum Gasteiger partial charge on any atom is 0.149 e. The molecule has 0 saturated carbocycles. The van der Waals surface area contributed by atoms with Gasteiger partial charge in [-0.2, -0.15) is 0 Å². The Morgan fingerprint density at radius 2 is 1.77 bits per heavy atom. The summed E-state index contributed by atoms with van der Waals surface area (Å²) in [5.74, 6) is 6.56. The molecule has 0 aliphatic rings. The van der Waals surface area contributed by atoms with Gasteiger partial charge >= 0.3 is 0 Å². The van der Waals surface area contributed by atoms with Crippen LogP contribution in [0.1, 0.15) is 18.1 Å². The Morgan fingerprint density at radius 3 is 2.31 bits per heavy atom. The average Bonchev–Trinajstić information content (AvgIpc) is 2.03. The number of benzene rings is 1. The van der Waals surface area contributed by atoms with Crippen molar-refractivity contribution in [2.75, 3.05) is 6.61 Å². The largest absolute Gasteiger partial charge is 0.481 e. The van der Waals surface area contributed by atoms with E-state index in [4.69, 9.17) is 4.74 Å². The number of hydrogen-bond acceptors (Lipinski definition) is 1. The summed E-state index contributed by atoms with van der Waals surface area (Å²) in [5, 5.41) is 0. The number of ether oxygens (including phenoxy) is 1. The highest BCUT2D eigenvalue weighted by molar-refractivity contribution is 5.33. The Morgan fingerprint density at radius 1 is 1.15 bits per heavy atom. The lowest BCUT2D eigenvalue weighted by atomic mass is 10.1. The average molecular weight is 174 g/mol. The zero-order chi connectivity index (χ0) is 9.68. The summed E-state index contributed by atoms with van der Waals surface area (Å²) in [6.45, 7) is 6.40. The van der Waals surface area contributed by atoms with Crippen LogP contribution in [0.4, 0.5) is 0 Å². The predicted molar refractivity (Wildman–Crippen MR) is 54.9 cm³/mol. The second kappa shape index (κ2) is 4.57. The summed E-state index contributed by atoms with van der Waals surface area (Å²) in [5.41, 5.74) is 2.44. The van der Waals surface area contributed by atoms with Gasteiger partial charge in [-0.05, 0) is 44.0 Å². The Bertz CT molecular complexity index is 322. The van der Waals surface area contributed by atoms with E-state index >= 15 is 0 Å². The molecule has 0 heterocycles. The molecule has 1 heteroatoms. The molecule has 0 atom stereocenters. The zero-order valence-corrected chi connectivity index (χ0v) is 8.35. The van der Waals surface area contributed by atoms with Crippen molar-refractivity contribution in [3.05, 3.63) is 29.3 Å². The Labute approximate surface area is 79.7 Å². The number of hydrogen-bond donors (Lipinski definition) is 0. The van der Waals surface area contributed by atoms with Gasteiger partial charge in [0, 0.05) is 0 Å². The highest BCUT2D eigenvalue weighted by atomic mass is 16.5. The van der Waals surface area contributed by atoms with Crippen LogP contribution >= 0.6 is 0 Å². The molecule has 0 spiro atoms. The van der Waals surface area contributed by atoms with E-state index in [-0.39, 0.29) is 0 Å². The van der Waals surface area contributed by atoms with Gasteiger partial charge in [0.15, 0.2) is 0 Å². The fourth-order valence-electron chi connectivity index (χ4n) is 1.21. The maximum absolute atomic E-state index is 5.43. The molecule has 1 aromatic rings. The smallest absolute Gasteiger partial charge is 0.149 e. The molecule has 0 aliphatic carbocycles. The van der Waals surface area contributed by atoms with E-state index in [9.17, 15) is 0 Å². The fourth-order valence-corrected chi connectivity index (χ4v) is 1.21. The molecule has 0 aliphatic heterocycles. The van der Waals surface area contributed by atoms with Crippen LogP contribution in [0.5, 0.6) is 5.75 Å². The van der Waals surface area contributed by atoms with E-state index in [1.165, 1.54) is 11.1 Å². The van der Waals surface area contributed by atoms with Crippen LogP contribution in [0, 0.1) is 25.7 Å². The van der Waals surface area contributed by atoms with Crippen molar-refractivity contribution >= 4 is 0 Å². The fraction of sp³-hybridized carbons (Fsp3) is 0.333. The van der Waals surface area contributed by atoms with Crippen LogP contribution in [0.3, 0.4) is 0 Å². The maximum atomic E-state index is 5.43. The first-order chi connectivity index (χ1) is 6.22. The monoisotopic (exact) mass is 174 g/mol. The number of rotatable bonds is 2. The quantitative estimate of drug-likeness (QED) is 0.626. The Kier molecular flexibility index (Phi) is 3.40. The van der Waals surface area contributed by atoms with Gasteiger partial charge in [-0.3, -0.25) is 0 Å². The van der Waals surface area contributed by atoms with E-state index in [1.807, 2.05) is 19.1 Å². The minimum Gasteiger partial charge on any atom is -0.481 e. The molecule has 0 amide bonds. The highest BCUT2D eigenvalue weighted by Gasteiger charge is 1.94. The molecular weight excluding hydrogens is 160 g/mol. The van der Waals surface area contributed by atoms with E-state index in [0.717, 1.165) is 5.75 Å². The SMILES string of the molecule is CC#CCOc1cc(C)cc(C)c1. The molecule has 0 bridgehead atoms. The second-order valence-electron chi connectivity index (χ2n) is 3.04. The lowest BCUT2D eigenvalue weighted by Gasteiger charge is -2.04. The lowest BCUT2D eigenvalue weighted by molar-refractivity contribution is 0.369. The summed E-state index contributed by atoms with van der Waals surface area (Å²) < 4.78 is 5.43. The van der Waals surface area contributed by atoms with Gasteiger partial charge in [-0.25, -0.2) is 0 Å². The minimum absolute atomic E-state index is 0.472. The zero-order valence-electron chi connectivity index (χ0n) is 8.35. The van der Waals surface area contributed by atoms with E-state index in [2.05, 4.69) is 31.8 Å². The summed E-state index contributed by atoms with van der Waals surface area (Å²) in [4.78, 5) is 0. The summed E-state index contributed by atoms with van der Waals surface area (Å²) in [6.07, 6.45) is 0. The molecule has 0 N–H and O–H groups in total. The molecule has 0 saturated heterocycles. The Balaban J connectivity index is 2.69. The van der Waals surface area contributed by atoms with Crippen molar-refractivity contribution in [1.82, 2.24) is 0 Å². The Hall–Kier alpha value is -1.42. The molecule has 68 valence electrons. The van der Waals surface area contributed by atoms with Crippen LogP contribution in [0.15, 0.2) is 18.2 Å². The van der Waals surface area contributed by atoms with Crippen LogP contribution < -0.4 is 4.74 Å². The highest BCUT2D eigenvalue weighted by Crippen LogP contribution is 2.15. The van der Waals surface area contributed by atoms with Crippen molar-refractivity contribution < 1.29 is 4.74 Å². The lowest BCUT2D eigenvalue weighted by Crippen LogP contribution is -1.94. The molecule has 0 aromatic heterocycles. The van der Waals surface area contributed by atoms with Crippen LogP contribution in [-0.4, -0.2) is 6.61 Å². The van der Waals surface area contributed by atoms with E-state index in [1.54, 1.807) is 0 Å². The van der Waals surface area contributed by atoms with Gasteiger partial charge in [0.05, 0.1) is 0 Å². The first-order valence-corrected chi connectivity index (χ1v) is 4.33. The molecule has 0 radical (unpaired) electrons. The molecule has 1 nitrogen and oxygen atoms in total. The van der Waals surface area contributed by atoms with Gasteiger partial charge in [0.25, 0.3) is 0 Å². The standard InChI is InChI=1S/C12H14O/c1-4-5-6-13-12-8-10(2)7-11(3)9-12/h7-9H,6H2,1-3H3. The molecule has 1 rings (SSSR count). The van der Waals surface area contributed by atoms with Crippen LogP contribution in [-0.2, 0) is 0 Å². The first kappa shape index (κ1) is 9.67. The molecule has 13 heavy (non-hydrogen) atoms. The third-order valence-corrected chi connectivity index (χ3v) is 1.68. The van der Waals surface area contributed by atoms with E-state index < -0.39 is 0 Å². The second-order valence-corrected chi connectivity index (χ2v) is 3.04. The first-order valence-electron chi connectivity index (χ1n) is 4.33. The summed E-state index contributed by atoms with van der Waals surface area (Å²) in [7, 11) is 0. The van der Waals surface area contributed by atoms with Gasteiger partial charge < -0.3 is 4.74 Å². The topological polar surface area (TPSA) is 9.23 Å². The normalized spacial score (nSPS) is 8.85. The predicted octanol–water partition coefficient (Wildman–Crippen LogP) is 2.71. The third-order valence-electron chi connectivity index (χ3n) is 1.68. The van der Waals surface area contributed by atoms with Crippen molar-refractivity contribution in [2.24, 2.45) is 0 Å². The van der Waals surface area contributed by atoms with Crippen molar-refractivity contribution in [1.29, 1.82) is 0 Å². The van der Waals surface area contributed by atoms with Gasteiger partial charge in [0.1, 0.15) is 12.4 Å². The van der Waals surface area contributed by atoms with Crippen molar-refractivity contribution in [2.45, 2.75) is 20.8 Å². The third kappa shape index (κ3) is 3.21. The van der Waals surface area contributed by atoms with Gasteiger partial charge in [-0.1, -0.05) is 12.0 Å². The van der Waals surface area contributed by atoms with Crippen molar-refractivity contribution in [3.8, 4) is 17.6 Å². The number of aryl methyl sites for hydroxylation is 2. The molecule has 0 fully saturated rings. The van der Waals surface area contributed by atoms with Gasteiger partial charge in [-0.15, -0.1) is 5.92 Å². The van der Waals surface area contributed by atoms with Gasteiger partial charge in [0.2, 0.25) is 0 Å². The molecular formula is C12H14O. The van der Waals surface area contributed by atoms with Crippen LogP contribution in [0.2, 0.25) is 0 Å². The summed E-state index contributed by atoms with van der Waals surface area (Å²) >= 11 is 0. The summed E-state index contributed by atoms with van der Waals surface area (Å²) in [6, 6.07) is 6.16. The van der Waals surface area contributed by atoms with E-state index in [0.29, 0.717) is 6.61 Å². The minimum atomic E-state index is 0.472. The van der Waals surface area contributed by atoms with Crippen LogP contribution in [0.25, 0.3) is 0 Å². The molecule has 0 unspecified atom stereocenters. The molecule has 1 aromatic carbocycles. The van der Waals surface area contributed by atoms with Crippen molar-refractivity contribution in [3.63, 3.8) is 0 Å².